The molecule has 0 spiro atoms. The second kappa shape index (κ2) is 5.17. The lowest BCUT2D eigenvalue weighted by Crippen LogP contribution is -1.99. The number of aromatic nitrogens is 1. The summed E-state index contributed by atoms with van der Waals surface area (Å²) in [5.74, 6) is 0.738. The number of pyridine rings is 1. The first-order chi connectivity index (χ1) is 8.26. The molecule has 2 aromatic rings. The van der Waals surface area contributed by atoms with Gasteiger partial charge >= 0.3 is 0 Å². The van der Waals surface area contributed by atoms with Crippen LogP contribution in [0.25, 0.3) is 11.1 Å². The standard InChI is InChI=1S/C13H13ClN2O/c1-17-10-2-3-12(13(14)6-10)11-4-5-16-8-9(11)7-15/h2-6,8H,7,15H2,1H3. The molecular formula is C13H13ClN2O. The number of benzene rings is 1. The lowest BCUT2D eigenvalue weighted by Gasteiger charge is -2.10. The minimum Gasteiger partial charge on any atom is -0.497 e. The summed E-state index contributed by atoms with van der Waals surface area (Å²) in [6.45, 7) is 0.436. The van der Waals surface area contributed by atoms with Crippen LogP contribution < -0.4 is 10.5 Å². The molecular weight excluding hydrogens is 236 g/mol. The van der Waals surface area contributed by atoms with Crippen molar-refractivity contribution in [3.8, 4) is 16.9 Å². The Bertz CT molecular complexity index is 529. The molecule has 1 aromatic heterocycles. The van der Waals surface area contributed by atoms with Crippen LogP contribution in [0.3, 0.4) is 0 Å². The molecule has 0 fully saturated rings. The summed E-state index contributed by atoms with van der Waals surface area (Å²) in [4.78, 5) is 4.06. The largest absolute Gasteiger partial charge is 0.497 e. The van der Waals surface area contributed by atoms with Crippen molar-refractivity contribution in [2.45, 2.75) is 6.54 Å². The van der Waals surface area contributed by atoms with E-state index in [1.54, 1.807) is 25.6 Å². The van der Waals surface area contributed by atoms with Crippen LogP contribution >= 0.6 is 11.6 Å². The van der Waals surface area contributed by atoms with Crippen molar-refractivity contribution in [3.05, 3.63) is 47.2 Å². The number of hydrogen-bond acceptors (Lipinski definition) is 3. The Balaban J connectivity index is 2.53. The Kier molecular flexibility index (Phi) is 3.61. The summed E-state index contributed by atoms with van der Waals surface area (Å²) >= 11 is 6.23. The third-order valence-electron chi connectivity index (χ3n) is 2.59. The van der Waals surface area contributed by atoms with Crippen molar-refractivity contribution in [3.63, 3.8) is 0 Å². The summed E-state index contributed by atoms with van der Waals surface area (Å²) in [6, 6.07) is 7.51. The molecule has 0 aliphatic carbocycles. The normalized spacial score (nSPS) is 10.3. The van der Waals surface area contributed by atoms with Gasteiger partial charge in [-0.2, -0.15) is 0 Å². The van der Waals surface area contributed by atoms with Gasteiger partial charge in [0.25, 0.3) is 0 Å². The smallest absolute Gasteiger partial charge is 0.120 e. The molecule has 0 bridgehead atoms. The first-order valence-corrected chi connectivity index (χ1v) is 5.61. The average molecular weight is 249 g/mol. The second-order valence-corrected chi connectivity index (χ2v) is 3.99. The molecule has 2 N–H and O–H groups in total. The summed E-state index contributed by atoms with van der Waals surface area (Å²) in [5, 5.41) is 0.644. The predicted octanol–water partition coefficient (Wildman–Crippen LogP) is 2.87. The van der Waals surface area contributed by atoms with E-state index in [1.807, 2.05) is 18.2 Å². The Morgan fingerprint density at radius 1 is 1.29 bits per heavy atom. The highest BCUT2D eigenvalue weighted by molar-refractivity contribution is 6.33. The second-order valence-electron chi connectivity index (χ2n) is 3.58. The Morgan fingerprint density at radius 3 is 2.76 bits per heavy atom. The predicted molar refractivity (Wildman–Crippen MR) is 69.1 cm³/mol. The molecule has 0 atom stereocenters. The molecule has 1 aromatic carbocycles. The van der Waals surface area contributed by atoms with Crippen LogP contribution in [0.1, 0.15) is 5.56 Å². The quantitative estimate of drug-likeness (QED) is 0.909. The summed E-state index contributed by atoms with van der Waals surface area (Å²) in [7, 11) is 1.61. The highest BCUT2D eigenvalue weighted by Crippen LogP contribution is 2.32. The monoisotopic (exact) mass is 248 g/mol. The van der Waals surface area contributed by atoms with E-state index >= 15 is 0 Å². The third-order valence-corrected chi connectivity index (χ3v) is 2.90. The minimum absolute atomic E-state index is 0.436. The molecule has 1 heterocycles. The highest BCUT2D eigenvalue weighted by atomic mass is 35.5. The maximum Gasteiger partial charge on any atom is 0.120 e. The lowest BCUT2D eigenvalue weighted by atomic mass is 10.0. The van der Waals surface area contributed by atoms with Gasteiger partial charge in [0.05, 0.1) is 12.1 Å². The van der Waals surface area contributed by atoms with E-state index in [0.717, 1.165) is 22.4 Å². The zero-order chi connectivity index (χ0) is 12.3. The molecule has 0 aliphatic rings. The van der Waals surface area contributed by atoms with Gasteiger partial charge in [0.15, 0.2) is 0 Å². The first kappa shape index (κ1) is 11.9. The van der Waals surface area contributed by atoms with Crippen molar-refractivity contribution in [2.75, 3.05) is 7.11 Å². The van der Waals surface area contributed by atoms with Gasteiger partial charge in [0.1, 0.15) is 5.75 Å². The fraction of sp³-hybridized carbons (Fsp3) is 0.154. The highest BCUT2D eigenvalue weighted by Gasteiger charge is 2.08. The van der Waals surface area contributed by atoms with E-state index in [0.29, 0.717) is 11.6 Å². The van der Waals surface area contributed by atoms with Gasteiger partial charge in [-0.1, -0.05) is 11.6 Å². The molecule has 0 saturated heterocycles. The Hall–Kier alpha value is -1.58. The van der Waals surface area contributed by atoms with E-state index in [4.69, 9.17) is 22.1 Å². The van der Waals surface area contributed by atoms with Crippen LogP contribution in [0.5, 0.6) is 5.75 Å². The van der Waals surface area contributed by atoms with E-state index in [2.05, 4.69) is 4.98 Å². The molecule has 88 valence electrons. The molecule has 3 nitrogen and oxygen atoms in total. The minimum atomic E-state index is 0.436. The SMILES string of the molecule is COc1ccc(-c2ccncc2CN)c(Cl)c1. The number of nitrogens with two attached hydrogens (primary N) is 1. The van der Waals surface area contributed by atoms with E-state index in [9.17, 15) is 0 Å². The topological polar surface area (TPSA) is 48.1 Å². The van der Waals surface area contributed by atoms with Gasteiger partial charge in [0.2, 0.25) is 0 Å². The maximum absolute atomic E-state index is 6.23. The van der Waals surface area contributed by atoms with Gasteiger partial charge in [-0.3, -0.25) is 4.98 Å². The van der Waals surface area contributed by atoms with Crippen LogP contribution in [0, 0.1) is 0 Å². The van der Waals surface area contributed by atoms with Crippen LogP contribution in [-0.2, 0) is 6.54 Å². The number of nitrogens with zero attached hydrogens (tertiary/aromatic N) is 1. The number of ether oxygens (including phenoxy) is 1. The van der Waals surface area contributed by atoms with Crippen molar-refractivity contribution in [1.82, 2.24) is 4.98 Å². The number of halogens is 1. The molecule has 0 radical (unpaired) electrons. The van der Waals surface area contributed by atoms with Crippen molar-refractivity contribution >= 4 is 11.6 Å². The summed E-state index contributed by atoms with van der Waals surface area (Å²) in [6.07, 6.45) is 3.49. The molecule has 2 rings (SSSR count). The maximum atomic E-state index is 6.23. The fourth-order valence-electron chi connectivity index (χ4n) is 1.69. The number of hydrogen-bond donors (Lipinski definition) is 1. The van der Waals surface area contributed by atoms with Gasteiger partial charge in [-0.15, -0.1) is 0 Å². The van der Waals surface area contributed by atoms with Crippen LogP contribution in [0.4, 0.5) is 0 Å². The van der Waals surface area contributed by atoms with Gasteiger partial charge in [-0.25, -0.2) is 0 Å². The number of methoxy groups -OCH3 is 1. The van der Waals surface area contributed by atoms with Crippen molar-refractivity contribution in [2.24, 2.45) is 5.73 Å². The molecule has 0 aliphatic heterocycles. The molecule has 17 heavy (non-hydrogen) atoms. The summed E-state index contributed by atoms with van der Waals surface area (Å²) < 4.78 is 5.12. The fourth-order valence-corrected chi connectivity index (χ4v) is 1.97. The van der Waals surface area contributed by atoms with Gasteiger partial charge < -0.3 is 10.5 Å². The van der Waals surface area contributed by atoms with Crippen molar-refractivity contribution < 1.29 is 4.74 Å². The van der Waals surface area contributed by atoms with Gasteiger partial charge in [-0.05, 0) is 35.4 Å². The van der Waals surface area contributed by atoms with Gasteiger partial charge in [0, 0.05) is 24.5 Å². The number of rotatable bonds is 3. The van der Waals surface area contributed by atoms with Crippen LogP contribution in [0.2, 0.25) is 5.02 Å². The Labute approximate surface area is 105 Å². The van der Waals surface area contributed by atoms with E-state index in [1.165, 1.54) is 0 Å². The van der Waals surface area contributed by atoms with Crippen LogP contribution in [0.15, 0.2) is 36.7 Å². The first-order valence-electron chi connectivity index (χ1n) is 5.23. The molecule has 0 unspecified atom stereocenters. The zero-order valence-corrected chi connectivity index (χ0v) is 10.2. The summed E-state index contributed by atoms with van der Waals surface area (Å²) in [5.41, 5.74) is 8.61. The molecule has 0 amide bonds. The third kappa shape index (κ3) is 2.40. The van der Waals surface area contributed by atoms with Crippen LogP contribution in [-0.4, -0.2) is 12.1 Å². The van der Waals surface area contributed by atoms with E-state index in [-0.39, 0.29) is 0 Å². The molecule has 0 saturated carbocycles. The average Bonchev–Trinajstić information content (AvgIpc) is 2.38. The lowest BCUT2D eigenvalue weighted by molar-refractivity contribution is 0.415. The van der Waals surface area contributed by atoms with E-state index < -0.39 is 0 Å². The Morgan fingerprint density at radius 2 is 2.12 bits per heavy atom. The van der Waals surface area contributed by atoms with Crippen molar-refractivity contribution in [1.29, 1.82) is 0 Å². The molecule has 4 heteroatoms. The zero-order valence-electron chi connectivity index (χ0n) is 9.48.